The molecule has 0 saturated heterocycles. The first-order valence-corrected chi connectivity index (χ1v) is 14.2. The third-order valence-electron chi connectivity index (χ3n) is 7.70. The van der Waals surface area contributed by atoms with Crippen LogP contribution in [-0.4, -0.2) is 40.5 Å². The van der Waals surface area contributed by atoms with Crippen molar-refractivity contribution in [2.24, 2.45) is 0 Å². The first-order valence-electron chi connectivity index (χ1n) is 13.0. The van der Waals surface area contributed by atoms with Gasteiger partial charge in [-0.05, 0) is 66.3 Å². The highest BCUT2D eigenvalue weighted by atomic mass is 35.5. The van der Waals surface area contributed by atoms with E-state index in [9.17, 15) is 19.1 Å². The maximum absolute atomic E-state index is 14.0. The van der Waals surface area contributed by atoms with Crippen LogP contribution in [0.2, 0.25) is 15.1 Å². The molecule has 1 aliphatic carbocycles. The minimum absolute atomic E-state index is 0.241. The van der Waals surface area contributed by atoms with Crippen LogP contribution in [0.5, 0.6) is 0 Å². The molecule has 0 radical (unpaired) electrons. The number of hydrogen-bond acceptors (Lipinski definition) is 3. The highest BCUT2D eigenvalue weighted by Crippen LogP contribution is 2.47. The molecule has 1 heterocycles. The highest BCUT2D eigenvalue weighted by molar-refractivity contribution is 6.35. The van der Waals surface area contributed by atoms with Gasteiger partial charge in [0.05, 0.1) is 24.1 Å². The van der Waals surface area contributed by atoms with Crippen LogP contribution in [0.25, 0.3) is 0 Å². The molecule has 2 aliphatic rings. The van der Waals surface area contributed by atoms with E-state index in [2.05, 4.69) is 5.32 Å². The van der Waals surface area contributed by atoms with Crippen molar-refractivity contribution in [3.05, 3.63) is 104 Å². The number of aliphatic hydroxyl groups is 1. The summed E-state index contributed by atoms with van der Waals surface area (Å²) in [5.41, 5.74) is 2.32. The summed E-state index contributed by atoms with van der Waals surface area (Å²) >= 11 is 19.1. The van der Waals surface area contributed by atoms with Crippen molar-refractivity contribution >= 4 is 46.6 Å². The molecule has 0 bridgehead atoms. The van der Waals surface area contributed by atoms with E-state index in [-0.39, 0.29) is 18.4 Å². The van der Waals surface area contributed by atoms with Gasteiger partial charge < -0.3 is 15.3 Å². The average molecular weight is 590 g/mol. The lowest BCUT2D eigenvalue weighted by atomic mass is 9.76. The second kappa shape index (κ2) is 11.8. The van der Waals surface area contributed by atoms with E-state index in [0.29, 0.717) is 56.6 Å². The predicted octanol–water partition coefficient (Wildman–Crippen LogP) is 6.73. The number of hydrogen-bond donors (Lipinski definition) is 2. The predicted molar refractivity (Wildman–Crippen MR) is 151 cm³/mol. The summed E-state index contributed by atoms with van der Waals surface area (Å²) in [5, 5.41) is 15.1. The molecular formula is C30H28Cl3FN2O3. The lowest BCUT2D eigenvalue weighted by Gasteiger charge is -2.48. The summed E-state index contributed by atoms with van der Waals surface area (Å²) in [4.78, 5) is 29.7. The van der Waals surface area contributed by atoms with Gasteiger partial charge >= 0.3 is 0 Å². The van der Waals surface area contributed by atoms with Gasteiger partial charge in [-0.15, -0.1) is 0 Å². The van der Waals surface area contributed by atoms with E-state index < -0.39 is 29.9 Å². The molecule has 4 atom stereocenters. The Morgan fingerprint density at radius 3 is 2.49 bits per heavy atom. The number of nitrogens with one attached hydrogen (secondary N) is 1. The third-order valence-corrected chi connectivity index (χ3v) is 8.61. The molecule has 3 aromatic rings. The molecule has 0 unspecified atom stereocenters. The summed E-state index contributed by atoms with van der Waals surface area (Å²) in [5.74, 6) is -1.76. The molecule has 5 rings (SSSR count). The maximum Gasteiger partial charge on any atom is 0.255 e. The Morgan fingerprint density at radius 2 is 1.74 bits per heavy atom. The van der Waals surface area contributed by atoms with Crippen molar-refractivity contribution in [1.29, 1.82) is 0 Å². The van der Waals surface area contributed by atoms with Gasteiger partial charge in [0.15, 0.2) is 0 Å². The molecule has 204 valence electrons. The van der Waals surface area contributed by atoms with Gasteiger partial charge in [0.25, 0.3) is 5.91 Å². The summed E-state index contributed by atoms with van der Waals surface area (Å²) in [6.45, 7) is 0.254. The molecule has 5 nitrogen and oxygen atoms in total. The largest absolute Gasteiger partial charge is 0.391 e. The minimum Gasteiger partial charge on any atom is -0.391 e. The van der Waals surface area contributed by atoms with Crippen LogP contribution in [0.3, 0.4) is 0 Å². The van der Waals surface area contributed by atoms with Gasteiger partial charge in [0.2, 0.25) is 5.91 Å². The third kappa shape index (κ3) is 5.66. The summed E-state index contributed by atoms with van der Waals surface area (Å²) in [6.07, 6.45) is 2.61. The second-order valence-electron chi connectivity index (χ2n) is 10.1. The number of amides is 2. The van der Waals surface area contributed by atoms with Crippen LogP contribution < -0.4 is 5.32 Å². The normalized spacial score (nSPS) is 22.9. The van der Waals surface area contributed by atoms with Crippen LogP contribution in [-0.2, 0) is 11.2 Å². The Bertz CT molecular complexity index is 1400. The molecule has 2 amide bonds. The minimum atomic E-state index is -0.796. The molecule has 0 aromatic heterocycles. The number of aliphatic hydroxyl groups excluding tert-OH is 1. The van der Waals surface area contributed by atoms with Gasteiger partial charge in [0, 0.05) is 27.2 Å². The fraction of sp³-hybridized carbons (Fsp3) is 0.333. The first kappa shape index (κ1) is 27.9. The van der Waals surface area contributed by atoms with Crippen LogP contribution in [0, 0.1) is 5.82 Å². The van der Waals surface area contributed by atoms with Crippen LogP contribution in [0.4, 0.5) is 4.39 Å². The zero-order valence-electron chi connectivity index (χ0n) is 21.0. The lowest BCUT2D eigenvalue weighted by Crippen LogP contribution is -2.55. The topological polar surface area (TPSA) is 69.6 Å². The lowest BCUT2D eigenvalue weighted by molar-refractivity contribution is -0.125. The van der Waals surface area contributed by atoms with Crippen molar-refractivity contribution in [2.75, 3.05) is 6.54 Å². The molecule has 0 spiro atoms. The quantitative estimate of drug-likeness (QED) is 0.335. The average Bonchev–Trinajstić information content (AvgIpc) is 2.90. The maximum atomic E-state index is 14.0. The zero-order valence-corrected chi connectivity index (χ0v) is 23.3. The van der Waals surface area contributed by atoms with Crippen molar-refractivity contribution in [3.8, 4) is 0 Å². The van der Waals surface area contributed by atoms with Crippen molar-refractivity contribution in [3.63, 3.8) is 0 Å². The Morgan fingerprint density at radius 1 is 0.974 bits per heavy atom. The van der Waals surface area contributed by atoms with Crippen molar-refractivity contribution in [1.82, 2.24) is 10.2 Å². The monoisotopic (exact) mass is 588 g/mol. The first-order chi connectivity index (χ1) is 18.8. The second-order valence-corrected chi connectivity index (χ2v) is 11.3. The highest BCUT2D eigenvalue weighted by Gasteiger charge is 2.48. The van der Waals surface area contributed by atoms with Crippen molar-refractivity contribution in [2.45, 2.75) is 56.2 Å². The van der Waals surface area contributed by atoms with Crippen LogP contribution in [0.15, 0.2) is 60.7 Å². The Balaban J connectivity index is 1.55. The molecule has 1 saturated carbocycles. The number of carbonyl (C=O) groups is 2. The Labute approximate surface area is 241 Å². The smallest absolute Gasteiger partial charge is 0.255 e. The number of rotatable bonds is 6. The fourth-order valence-electron chi connectivity index (χ4n) is 5.84. The van der Waals surface area contributed by atoms with Crippen LogP contribution >= 0.6 is 34.8 Å². The molecular weight excluding hydrogens is 562 g/mol. The Hall–Kier alpha value is -2.64. The number of halogens is 4. The van der Waals surface area contributed by atoms with E-state index in [4.69, 9.17) is 34.8 Å². The number of carbonyl (C=O) groups excluding carboxylic acids is 2. The van der Waals surface area contributed by atoms with Gasteiger partial charge in [0.1, 0.15) is 5.82 Å². The van der Waals surface area contributed by atoms with Crippen LogP contribution in [0.1, 0.15) is 64.7 Å². The van der Waals surface area contributed by atoms with E-state index in [1.165, 1.54) is 12.1 Å². The molecule has 39 heavy (non-hydrogen) atoms. The molecule has 3 aromatic carbocycles. The van der Waals surface area contributed by atoms with Crippen molar-refractivity contribution < 1.29 is 19.1 Å². The molecule has 2 N–H and O–H groups in total. The number of fused-ring (bicyclic) bond motifs is 1. The van der Waals surface area contributed by atoms with Gasteiger partial charge in [-0.2, -0.15) is 0 Å². The van der Waals surface area contributed by atoms with E-state index in [1.807, 2.05) is 0 Å². The summed E-state index contributed by atoms with van der Waals surface area (Å²) in [7, 11) is 0. The van der Waals surface area contributed by atoms with E-state index in [0.717, 1.165) is 12.8 Å². The van der Waals surface area contributed by atoms with E-state index in [1.54, 1.807) is 53.4 Å². The SMILES string of the molecule is O=C(NCCc1ccc(F)cc1Cl)[C@@H]1c2ccccc2C(=O)N([C@H]2CCCC[C@@H]2O)[C@H]1c1ccc(Cl)cc1Cl. The van der Waals surface area contributed by atoms with E-state index >= 15 is 0 Å². The fourth-order valence-corrected chi connectivity index (χ4v) is 6.62. The molecule has 1 aliphatic heterocycles. The Kier molecular flexibility index (Phi) is 8.48. The van der Waals surface area contributed by atoms with Gasteiger partial charge in [-0.1, -0.05) is 78.0 Å². The van der Waals surface area contributed by atoms with Gasteiger partial charge in [-0.3, -0.25) is 9.59 Å². The zero-order chi connectivity index (χ0) is 27.7. The summed E-state index contributed by atoms with van der Waals surface area (Å²) in [6, 6.07) is 15.1. The summed E-state index contributed by atoms with van der Waals surface area (Å²) < 4.78 is 13.5. The molecule has 1 fully saturated rings. The van der Waals surface area contributed by atoms with Gasteiger partial charge in [-0.25, -0.2) is 4.39 Å². The molecule has 9 heteroatoms. The number of nitrogens with zero attached hydrogens (tertiary/aromatic N) is 1. The number of benzene rings is 3. The standard InChI is InChI=1S/C30H28Cl3FN2O3/c31-18-10-12-22(24(33)15-18)28-27(29(38)35-14-13-17-9-11-19(34)16-23(17)32)20-5-1-2-6-21(20)30(39)36(28)25-7-3-4-8-26(25)37/h1-2,5-6,9-12,15-16,25-28,37H,3-4,7-8,13-14H2,(H,35,38)/t25-,26-,27+,28-/m0/s1.